The average molecular weight is 526 g/mol. The zero-order valence-electron chi connectivity index (χ0n) is 19.4. The molecule has 1 N–H and O–H groups in total. The minimum Gasteiger partial charge on any atom is -0.274 e. The van der Waals surface area contributed by atoms with Crippen molar-refractivity contribution in [3.63, 3.8) is 0 Å². The summed E-state index contributed by atoms with van der Waals surface area (Å²) < 4.78 is 53.9. The minimum atomic E-state index is -3.59. The van der Waals surface area contributed by atoms with E-state index < -0.39 is 49.8 Å². The molecule has 0 aliphatic heterocycles. The zero-order chi connectivity index (χ0) is 27.1. The summed E-state index contributed by atoms with van der Waals surface area (Å²) in [7, 11) is -3.59. The molecular formula is C25H18F2N3O6S. The van der Waals surface area contributed by atoms with Crippen LogP contribution in [0.25, 0.3) is 16.8 Å². The average Bonchev–Trinajstić information content (AvgIpc) is 2.81. The van der Waals surface area contributed by atoms with Gasteiger partial charge in [0, 0.05) is 36.1 Å². The number of H-pyrrole nitrogens is 1. The Kier molecular flexibility index (Phi) is 6.61. The zero-order valence-corrected chi connectivity index (χ0v) is 20.2. The molecule has 0 aliphatic carbocycles. The highest BCUT2D eigenvalue weighted by molar-refractivity contribution is 7.90. The lowest BCUT2D eigenvalue weighted by molar-refractivity contribution is -0.384. The first-order valence-corrected chi connectivity index (χ1v) is 12.6. The smallest absolute Gasteiger partial charge is 0.274 e. The Morgan fingerprint density at radius 2 is 1.68 bits per heavy atom. The number of rotatable bonds is 6. The third-order valence-electron chi connectivity index (χ3n) is 5.69. The Hall–Kier alpha value is -4.45. The fourth-order valence-corrected chi connectivity index (χ4v) is 4.66. The number of nitrogens with one attached hydrogen (secondary N) is 1. The first-order valence-electron chi connectivity index (χ1n) is 10.7. The summed E-state index contributed by atoms with van der Waals surface area (Å²) in [5.41, 5.74) is -2.57. The quantitative estimate of drug-likeness (QED) is 0.302. The van der Waals surface area contributed by atoms with E-state index in [1.165, 1.54) is 37.3 Å². The number of aromatic amines is 1. The lowest BCUT2D eigenvalue weighted by Crippen LogP contribution is -2.29. The van der Waals surface area contributed by atoms with Gasteiger partial charge in [-0.05, 0) is 48.4 Å². The Bertz CT molecular complexity index is 1760. The molecule has 9 nitrogen and oxygen atoms in total. The van der Waals surface area contributed by atoms with Crippen LogP contribution in [0.3, 0.4) is 0 Å². The number of sulfone groups is 1. The number of aryl methyl sites for hydroxylation is 1. The third-order valence-corrected chi connectivity index (χ3v) is 6.82. The largest absolute Gasteiger partial charge is 0.332 e. The Morgan fingerprint density at radius 3 is 2.22 bits per heavy atom. The van der Waals surface area contributed by atoms with Gasteiger partial charge in [-0.25, -0.2) is 22.0 Å². The van der Waals surface area contributed by atoms with Crippen LogP contribution in [0.15, 0.2) is 69.2 Å². The Labute approximate surface area is 208 Å². The van der Waals surface area contributed by atoms with Gasteiger partial charge >= 0.3 is 5.69 Å². The van der Waals surface area contributed by atoms with Crippen LogP contribution in [0.5, 0.6) is 0 Å². The molecule has 0 spiro atoms. The summed E-state index contributed by atoms with van der Waals surface area (Å²) in [6.45, 7) is 1.38. The first-order chi connectivity index (χ1) is 17.4. The third kappa shape index (κ3) is 4.96. The van der Waals surface area contributed by atoms with Crippen molar-refractivity contribution in [2.75, 3.05) is 6.26 Å². The van der Waals surface area contributed by atoms with Gasteiger partial charge in [-0.15, -0.1) is 0 Å². The van der Waals surface area contributed by atoms with E-state index in [0.717, 1.165) is 35.2 Å². The number of hydrogen-bond donors (Lipinski definition) is 1. The van der Waals surface area contributed by atoms with Crippen LogP contribution in [-0.4, -0.2) is 29.1 Å². The van der Waals surface area contributed by atoms with E-state index in [0.29, 0.717) is 0 Å². The number of nitrogens with zero attached hydrogens (tertiary/aromatic N) is 2. The van der Waals surface area contributed by atoms with Crippen molar-refractivity contribution in [1.82, 2.24) is 9.55 Å². The van der Waals surface area contributed by atoms with Crippen LogP contribution in [0.1, 0.15) is 16.7 Å². The molecule has 0 saturated carbocycles. The molecule has 0 amide bonds. The molecule has 189 valence electrons. The van der Waals surface area contributed by atoms with Gasteiger partial charge in [-0.3, -0.25) is 24.5 Å². The van der Waals surface area contributed by atoms with Crippen molar-refractivity contribution >= 4 is 15.5 Å². The second-order valence-corrected chi connectivity index (χ2v) is 10.2. The topological polar surface area (TPSA) is 132 Å². The predicted molar refractivity (Wildman–Crippen MR) is 131 cm³/mol. The fraction of sp³-hybridized carbons (Fsp3) is 0.120. The van der Waals surface area contributed by atoms with Crippen LogP contribution in [0.4, 0.5) is 14.5 Å². The van der Waals surface area contributed by atoms with E-state index in [4.69, 9.17) is 0 Å². The molecule has 0 saturated heterocycles. The van der Waals surface area contributed by atoms with E-state index in [2.05, 4.69) is 11.1 Å². The highest BCUT2D eigenvalue weighted by Crippen LogP contribution is 2.40. The van der Waals surface area contributed by atoms with Crippen LogP contribution in [0.2, 0.25) is 0 Å². The Balaban J connectivity index is 2.14. The lowest BCUT2D eigenvalue weighted by atomic mass is 9.91. The summed E-state index contributed by atoms with van der Waals surface area (Å²) in [6.07, 6.45) is 1.64. The lowest BCUT2D eigenvalue weighted by Gasteiger charge is -2.19. The second-order valence-electron chi connectivity index (χ2n) is 8.21. The molecule has 1 heterocycles. The number of benzene rings is 3. The SMILES string of the molecule is Cc1[c]c(Cc2c(F)cccc2F)c(-n2ccc(=O)[nH]c2=O)c(-c2ccc(S(C)(=O)=O)cc2)c1[N+](=O)[O-]. The minimum absolute atomic E-state index is 0.0140. The summed E-state index contributed by atoms with van der Waals surface area (Å²) in [6, 6.07) is 12.2. The maximum atomic E-state index is 14.6. The maximum absolute atomic E-state index is 14.6. The van der Waals surface area contributed by atoms with E-state index in [9.17, 15) is 36.9 Å². The molecule has 37 heavy (non-hydrogen) atoms. The molecule has 1 aromatic heterocycles. The van der Waals surface area contributed by atoms with Crippen molar-refractivity contribution in [1.29, 1.82) is 0 Å². The van der Waals surface area contributed by atoms with Crippen LogP contribution in [-0.2, 0) is 16.3 Å². The maximum Gasteiger partial charge on any atom is 0.332 e. The first kappa shape index (κ1) is 25.6. The highest BCUT2D eigenvalue weighted by Gasteiger charge is 2.28. The summed E-state index contributed by atoms with van der Waals surface area (Å²) >= 11 is 0. The molecule has 1 radical (unpaired) electrons. The van der Waals surface area contributed by atoms with Crippen molar-refractivity contribution in [2.24, 2.45) is 0 Å². The second kappa shape index (κ2) is 9.54. The Morgan fingerprint density at radius 1 is 1.05 bits per heavy atom. The number of hydrogen-bond acceptors (Lipinski definition) is 6. The molecular weight excluding hydrogens is 508 g/mol. The molecule has 3 aromatic carbocycles. The molecule has 0 aliphatic rings. The van der Waals surface area contributed by atoms with Gasteiger partial charge in [0.1, 0.15) is 11.6 Å². The van der Waals surface area contributed by atoms with Crippen LogP contribution >= 0.6 is 0 Å². The summed E-state index contributed by atoms with van der Waals surface area (Å²) in [5.74, 6) is -1.74. The van der Waals surface area contributed by atoms with Gasteiger partial charge in [0.25, 0.3) is 11.2 Å². The highest BCUT2D eigenvalue weighted by atomic mass is 32.2. The molecule has 0 unspecified atom stereocenters. The number of aromatic nitrogens is 2. The van der Waals surface area contributed by atoms with E-state index in [1.807, 2.05) is 0 Å². The fourth-order valence-electron chi connectivity index (χ4n) is 4.03. The van der Waals surface area contributed by atoms with Gasteiger partial charge in [-0.2, -0.15) is 0 Å². The molecule has 4 aromatic rings. The summed E-state index contributed by atoms with van der Waals surface area (Å²) in [5, 5.41) is 12.2. The van der Waals surface area contributed by atoms with E-state index in [1.54, 1.807) is 0 Å². The normalized spacial score (nSPS) is 11.5. The van der Waals surface area contributed by atoms with Gasteiger partial charge in [0.05, 0.1) is 21.1 Å². The molecule has 12 heteroatoms. The van der Waals surface area contributed by atoms with E-state index in [-0.39, 0.29) is 38.4 Å². The van der Waals surface area contributed by atoms with E-state index >= 15 is 0 Å². The van der Waals surface area contributed by atoms with Crippen molar-refractivity contribution in [3.8, 4) is 16.8 Å². The number of nitro groups is 1. The molecule has 0 atom stereocenters. The number of nitro benzene ring substituents is 1. The molecule has 0 bridgehead atoms. The van der Waals surface area contributed by atoms with Gasteiger partial charge in [0.15, 0.2) is 9.84 Å². The van der Waals surface area contributed by atoms with Crippen molar-refractivity contribution in [2.45, 2.75) is 18.2 Å². The monoisotopic (exact) mass is 526 g/mol. The van der Waals surface area contributed by atoms with Gasteiger partial charge in [-0.1, -0.05) is 18.2 Å². The standard InChI is InChI=1S/C25H18F2N3O6S/c1-14-12-16(13-18-19(26)4-3-5-20(18)27)24(29-11-10-21(31)28-25(29)32)22(23(14)30(33)34)15-6-8-17(9-7-15)37(2,35)36/h3-11H,13H2,1-2H3,(H,28,31,32). The molecule has 4 rings (SSSR count). The van der Waals surface area contributed by atoms with Gasteiger partial charge < -0.3 is 0 Å². The summed E-state index contributed by atoms with van der Waals surface area (Å²) in [4.78, 5) is 38.0. The molecule has 0 fully saturated rings. The van der Waals surface area contributed by atoms with Crippen LogP contribution in [0, 0.1) is 34.7 Å². The van der Waals surface area contributed by atoms with Gasteiger partial charge in [0.2, 0.25) is 0 Å². The van der Waals surface area contributed by atoms with Crippen molar-refractivity contribution < 1.29 is 22.1 Å². The van der Waals surface area contributed by atoms with Crippen LogP contribution < -0.4 is 11.2 Å². The number of halogens is 2. The predicted octanol–water partition coefficient (Wildman–Crippen LogP) is 3.48. The van der Waals surface area contributed by atoms with Crippen molar-refractivity contribution in [3.05, 3.63) is 120 Å².